The maximum absolute atomic E-state index is 10.9. The van der Waals surface area contributed by atoms with Crippen molar-refractivity contribution in [3.05, 3.63) is 41.7 Å². The van der Waals surface area contributed by atoms with Crippen LogP contribution < -0.4 is 0 Å². The number of aromatic nitrogens is 1. The normalized spacial score (nSPS) is 10.4. The van der Waals surface area contributed by atoms with Crippen molar-refractivity contribution in [2.45, 2.75) is 6.92 Å². The van der Waals surface area contributed by atoms with E-state index in [4.69, 9.17) is 5.11 Å². The highest BCUT2D eigenvalue weighted by atomic mass is 16.4. The summed E-state index contributed by atoms with van der Waals surface area (Å²) >= 11 is 0. The van der Waals surface area contributed by atoms with Gasteiger partial charge in [0, 0.05) is 11.6 Å². The lowest BCUT2D eigenvalue weighted by Gasteiger charge is -2.03. The van der Waals surface area contributed by atoms with Crippen LogP contribution in [0.3, 0.4) is 0 Å². The lowest BCUT2D eigenvalue weighted by Crippen LogP contribution is -2.00. The van der Waals surface area contributed by atoms with Crippen molar-refractivity contribution in [2.24, 2.45) is 0 Å². The number of benzene rings is 1. The Bertz CT molecular complexity index is 506. The number of hydrogen-bond donors (Lipinski definition) is 1. The molecule has 0 atom stereocenters. The number of aryl methyl sites for hydroxylation is 1. The molecule has 70 valence electrons. The topological polar surface area (TPSA) is 50.2 Å². The zero-order chi connectivity index (χ0) is 10.1. The van der Waals surface area contributed by atoms with Gasteiger partial charge in [0.15, 0.2) is 5.69 Å². The Morgan fingerprint density at radius 2 is 2.07 bits per heavy atom. The van der Waals surface area contributed by atoms with Crippen LogP contribution in [0.1, 0.15) is 16.1 Å². The third-order valence-corrected chi connectivity index (χ3v) is 2.23. The van der Waals surface area contributed by atoms with Crippen LogP contribution in [0.15, 0.2) is 30.5 Å². The number of rotatable bonds is 1. The Balaban J connectivity index is 2.88. The summed E-state index contributed by atoms with van der Waals surface area (Å²) in [5.41, 5.74) is 1.18. The van der Waals surface area contributed by atoms with Crippen LogP contribution in [0.4, 0.5) is 0 Å². The van der Waals surface area contributed by atoms with E-state index >= 15 is 0 Å². The van der Waals surface area contributed by atoms with Crippen molar-refractivity contribution < 1.29 is 9.90 Å². The van der Waals surface area contributed by atoms with Gasteiger partial charge in [0.2, 0.25) is 0 Å². The van der Waals surface area contributed by atoms with E-state index in [1.54, 1.807) is 6.07 Å². The van der Waals surface area contributed by atoms with Crippen molar-refractivity contribution >= 4 is 16.7 Å². The molecule has 0 aliphatic heterocycles. The van der Waals surface area contributed by atoms with Gasteiger partial charge in [-0.25, -0.2) is 9.78 Å². The Kier molecular flexibility index (Phi) is 1.93. The predicted octanol–water partition coefficient (Wildman–Crippen LogP) is 2.24. The molecule has 3 nitrogen and oxygen atoms in total. The Morgan fingerprint density at radius 3 is 2.79 bits per heavy atom. The minimum absolute atomic E-state index is 0.117. The van der Waals surface area contributed by atoms with E-state index in [-0.39, 0.29) is 5.69 Å². The summed E-state index contributed by atoms with van der Waals surface area (Å²) in [7, 11) is 0. The predicted molar refractivity (Wildman–Crippen MR) is 53.4 cm³/mol. The number of carboxylic acids is 1. The van der Waals surface area contributed by atoms with Crippen molar-refractivity contribution in [2.75, 3.05) is 0 Å². The fourth-order valence-corrected chi connectivity index (χ4v) is 1.53. The Labute approximate surface area is 81.0 Å². The molecule has 0 saturated carbocycles. The zero-order valence-corrected chi connectivity index (χ0v) is 7.69. The molecule has 0 radical (unpaired) electrons. The van der Waals surface area contributed by atoms with E-state index in [9.17, 15) is 4.79 Å². The second kappa shape index (κ2) is 3.10. The zero-order valence-electron chi connectivity index (χ0n) is 7.69. The molecule has 0 amide bonds. The molecule has 3 heteroatoms. The highest BCUT2D eigenvalue weighted by Crippen LogP contribution is 2.19. The van der Waals surface area contributed by atoms with E-state index < -0.39 is 5.97 Å². The van der Waals surface area contributed by atoms with Crippen LogP contribution in [-0.2, 0) is 0 Å². The minimum atomic E-state index is -0.985. The summed E-state index contributed by atoms with van der Waals surface area (Å²) in [6.07, 6.45) is 1.53. The minimum Gasteiger partial charge on any atom is -0.476 e. The fraction of sp³-hybridized carbons (Fsp3) is 0.0909. The SMILES string of the molecule is Cc1cccc2c(C(=O)O)nccc12. The van der Waals surface area contributed by atoms with Gasteiger partial charge in [-0.1, -0.05) is 18.2 Å². The molecule has 0 unspecified atom stereocenters. The molecule has 2 aromatic rings. The summed E-state index contributed by atoms with van der Waals surface area (Å²) in [4.78, 5) is 14.7. The van der Waals surface area contributed by atoms with Crippen molar-refractivity contribution in [3.63, 3.8) is 0 Å². The highest BCUT2D eigenvalue weighted by Gasteiger charge is 2.09. The van der Waals surface area contributed by atoms with Crippen LogP contribution in [-0.4, -0.2) is 16.1 Å². The quantitative estimate of drug-likeness (QED) is 0.744. The van der Waals surface area contributed by atoms with Gasteiger partial charge in [0.1, 0.15) is 0 Å². The summed E-state index contributed by atoms with van der Waals surface area (Å²) < 4.78 is 0. The maximum atomic E-state index is 10.9. The summed E-state index contributed by atoms with van der Waals surface area (Å²) in [5, 5.41) is 10.6. The van der Waals surface area contributed by atoms with Crippen LogP contribution in [0.25, 0.3) is 10.8 Å². The van der Waals surface area contributed by atoms with E-state index in [0.717, 1.165) is 10.9 Å². The lowest BCUT2D eigenvalue weighted by atomic mass is 10.1. The molecular weight excluding hydrogens is 178 g/mol. The number of hydrogen-bond acceptors (Lipinski definition) is 2. The first-order valence-electron chi connectivity index (χ1n) is 4.28. The summed E-state index contributed by atoms with van der Waals surface area (Å²) in [6.45, 7) is 1.95. The van der Waals surface area contributed by atoms with Crippen LogP contribution >= 0.6 is 0 Å². The third-order valence-electron chi connectivity index (χ3n) is 2.23. The van der Waals surface area contributed by atoms with Crippen LogP contribution in [0, 0.1) is 6.92 Å². The number of aromatic carboxylic acids is 1. The molecule has 2 rings (SSSR count). The molecule has 0 spiro atoms. The molecule has 0 saturated heterocycles. The van der Waals surface area contributed by atoms with Crippen molar-refractivity contribution in [1.29, 1.82) is 0 Å². The number of pyridine rings is 1. The number of nitrogens with zero attached hydrogens (tertiary/aromatic N) is 1. The molecule has 14 heavy (non-hydrogen) atoms. The molecule has 1 aromatic carbocycles. The third kappa shape index (κ3) is 1.23. The first-order valence-corrected chi connectivity index (χ1v) is 4.28. The molecule has 0 bridgehead atoms. The molecule has 1 aromatic heterocycles. The lowest BCUT2D eigenvalue weighted by molar-refractivity contribution is 0.0693. The molecular formula is C11H9NO2. The van der Waals surface area contributed by atoms with Crippen molar-refractivity contribution in [3.8, 4) is 0 Å². The van der Waals surface area contributed by atoms with Gasteiger partial charge in [0.05, 0.1) is 0 Å². The van der Waals surface area contributed by atoms with Gasteiger partial charge in [-0.15, -0.1) is 0 Å². The standard InChI is InChI=1S/C11H9NO2/c1-7-3-2-4-9-8(7)5-6-12-10(9)11(13)14/h2-6H,1H3,(H,13,14). The number of fused-ring (bicyclic) bond motifs is 1. The first-order chi connectivity index (χ1) is 6.70. The Hall–Kier alpha value is -1.90. The smallest absolute Gasteiger partial charge is 0.355 e. The monoisotopic (exact) mass is 187 g/mol. The summed E-state index contributed by atoms with van der Waals surface area (Å²) in [5.74, 6) is -0.985. The van der Waals surface area contributed by atoms with Crippen LogP contribution in [0.5, 0.6) is 0 Å². The van der Waals surface area contributed by atoms with E-state index in [1.807, 2.05) is 25.1 Å². The average molecular weight is 187 g/mol. The van der Waals surface area contributed by atoms with Crippen LogP contribution in [0.2, 0.25) is 0 Å². The largest absolute Gasteiger partial charge is 0.476 e. The number of carbonyl (C=O) groups is 1. The molecule has 0 aliphatic rings. The second-order valence-electron chi connectivity index (χ2n) is 3.13. The summed E-state index contributed by atoms with van der Waals surface area (Å²) in [6, 6.07) is 7.40. The Morgan fingerprint density at radius 1 is 1.29 bits per heavy atom. The number of carboxylic acid groups (broad SMARTS) is 1. The second-order valence-corrected chi connectivity index (χ2v) is 3.13. The fourth-order valence-electron chi connectivity index (χ4n) is 1.53. The molecule has 1 N–H and O–H groups in total. The van der Waals surface area contributed by atoms with Gasteiger partial charge in [-0.2, -0.15) is 0 Å². The van der Waals surface area contributed by atoms with E-state index in [0.29, 0.717) is 5.39 Å². The molecule has 0 fully saturated rings. The maximum Gasteiger partial charge on any atom is 0.355 e. The van der Waals surface area contributed by atoms with E-state index in [1.165, 1.54) is 6.20 Å². The van der Waals surface area contributed by atoms with Gasteiger partial charge in [-0.3, -0.25) is 0 Å². The molecule has 0 aliphatic carbocycles. The molecule has 1 heterocycles. The van der Waals surface area contributed by atoms with E-state index in [2.05, 4.69) is 4.98 Å². The van der Waals surface area contributed by atoms with Gasteiger partial charge < -0.3 is 5.11 Å². The van der Waals surface area contributed by atoms with Gasteiger partial charge >= 0.3 is 5.97 Å². The first kappa shape index (κ1) is 8.69. The van der Waals surface area contributed by atoms with Gasteiger partial charge in [0.25, 0.3) is 0 Å². The highest BCUT2D eigenvalue weighted by molar-refractivity contribution is 6.02. The van der Waals surface area contributed by atoms with Crippen molar-refractivity contribution in [1.82, 2.24) is 4.98 Å². The average Bonchev–Trinajstić information content (AvgIpc) is 2.17. The van der Waals surface area contributed by atoms with Gasteiger partial charge in [-0.05, 0) is 23.9 Å².